The maximum Gasteiger partial charge on any atom is 0.312 e. The molecule has 2 aromatic rings. The van der Waals surface area contributed by atoms with Crippen LogP contribution in [0, 0.1) is 13.8 Å². The molecule has 4 heteroatoms. The minimum Gasteiger partial charge on any atom is -0.459 e. The van der Waals surface area contributed by atoms with Crippen LogP contribution in [0.3, 0.4) is 0 Å². The number of ether oxygens (including phenoxy) is 1. The summed E-state index contributed by atoms with van der Waals surface area (Å²) in [6, 6.07) is 7.56. The van der Waals surface area contributed by atoms with Gasteiger partial charge in [0.25, 0.3) is 0 Å². The number of aromatic nitrogens is 2. The lowest BCUT2D eigenvalue weighted by atomic mass is 10.2. The van der Waals surface area contributed by atoms with Gasteiger partial charge in [0.2, 0.25) is 0 Å². The summed E-state index contributed by atoms with van der Waals surface area (Å²) in [5.41, 5.74) is 3.61. The van der Waals surface area contributed by atoms with Crippen LogP contribution in [0.2, 0.25) is 0 Å². The van der Waals surface area contributed by atoms with Crippen LogP contribution in [0.25, 0.3) is 0 Å². The molecule has 0 saturated carbocycles. The molecule has 0 bridgehead atoms. The van der Waals surface area contributed by atoms with E-state index in [1.54, 1.807) is 12.4 Å². The van der Waals surface area contributed by atoms with Crippen LogP contribution >= 0.6 is 0 Å². The number of carbonyl (C=O) groups excluding carboxylic acids is 1. The molecule has 0 aliphatic heterocycles. The Hall–Kier alpha value is -2.23. The van der Waals surface area contributed by atoms with Gasteiger partial charge < -0.3 is 4.74 Å². The molecule has 0 aliphatic rings. The van der Waals surface area contributed by atoms with E-state index in [1.165, 1.54) is 0 Å². The van der Waals surface area contributed by atoms with Crippen molar-refractivity contribution in [3.8, 4) is 0 Å². The number of rotatable bonds is 4. The first-order valence-corrected chi connectivity index (χ1v) is 6.12. The third-order valence-electron chi connectivity index (χ3n) is 2.65. The largest absolute Gasteiger partial charge is 0.459 e. The predicted octanol–water partition coefficient (Wildman–Crippen LogP) is 2.38. The number of carbonyl (C=O) groups is 1. The van der Waals surface area contributed by atoms with Gasteiger partial charge in [0.15, 0.2) is 0 Å². The number of aryl methyl sites for hydroxylation is 2. The van der Waals surface area contributed by atoms with Gasteiger partial charge >= 0.3 is 5.97 Å². The first kappa shape index (κ1) is 13.2. The Balaban J connectivity index is 1.84. The minimum atomic E-state index is -0.293. The zero-order valence-electron chi connectivity index (χ0n) is 11.1. The van der Waals surface area contributed by atoms with Gasteiger partial charge in [-0.1, -0.05) is 12.1 Å². The molecule has 0 fully saturated rings. The highest BCUT2D eigenvalue weighted by atomic mass is 16.5. The van der Waals surface area contributed by atoms with E-state index in [0.717, 1.165) is 16.8 Å². The van der Waals surface area contributed by atoms with Crippen LogP contribution < -0.4 is 0 Å². The molecule has 0 atom stereocenters. The molecule has 2 rings (SSSR count). The van der Waals surface area contributed by atoms with Crippen LogP contribution in [0.1, 0.15) is 22.5 Å². The number of nitrogens with zero attached hydrogens (tertiary/aromatic N) is 2. The topological polar surface area (TPSA) is 52.1 Å². The molecule has 0 amide bonds. The van der Waals surface area contributed by atoms with Crippen LogP contribution in [0.5, 0.6) is 0 Å². The van der Waals surface area contributed by atoms with E-state index >= 15 is 0 Å². The summed E-state index contributed by atoms with van der Waals surface area (Å²) in [6.45, 7) is 4.12. The summed E-state index contributed by atoms with van der Waals surface area (Å²) in [5.74, 6) is -0.293. The van der Waals surface area contributed by atoms with Gasteiger partial charge in [-0.3, -0.25) is 14.8 Å². The Kier molecular flexibility index (Phi) is 4.23. The second kappa shape index (κ2) is 6.09. The highest BCUT2D eigenvalue weighted by Crippen LogP contribution is 2.03. The van der Waals surface area contributed by atoms with Crippen LogP contribution in [-0.2, 0) is 22.6 Å². The summed E-state index contributed by atoms with van der Waals surface area (Å²) in [4.78, 5) is 20.0. The van der Waals surface area contributed by atoms with Crippen molar-refractivity contribution in [1.82, 2.24) is 9.97 Å². The van der Waals surface area contributed by atoms with Gasteiger partial charge in [0.05, 0.1) is 17.8 Å². The summed E-state index contributed by atoms with van der Waals surface area (Å²) < 4.78 is 5.16. The molecule has 0 saturated heterocycles. The summed E-state index contributed by atoms with van der Waals surface area (Å²) in [6.07, 6.45) is 3.68. The van der Waals surface area contributed by atoms with Gasteiger partial charge in [0, 0.05) is 12.4 Å². The summed E-state index contributed by atoms with van der Waals surface area (Å²) >= 11 is 0. The normalized spacial score (nSPS) is 10.2. The Morgan fingerprint density at radius 3 is 2.11 bits per heavy atom. The number of pyridine rings is 2. The Bertz CT molecular complexity index is 547. The van der Waals surface area contributed by atoms with E-state index in [9.17, 15) is 4.79 Å². The fraction of sp³-hybridized carbons (Fsp3) is 0.267. The quantitative estimate of drug-likeness (QED) is 0.788. The molecule has 0 spiro atoms. The Morgan fingerprint density at radius 1 is 1.00 bits per heavy atom. The van der Waals surface area contributed by atoms with Gasteiger partial charge in [-0.2, -0.15) is 0 Å². The van der Waals surface area contributed by atoms with Crippen molar-refractivity contribution in [1.29, 1.82) is 0 Å². The number of hydrogen-bond donors (Lipinski definition) is 0. The molecule has 0 aliphatic carbocycles. The number of esters is 1. The predicted molar refractivity (Wildman–Crippen MR) is 71.4 cm³/mol. The molecule has 0 N–H and O–H groups in total. The second-order valence-corrected chi connectivity index (χ2v) is 4.49. The first-order chi connectivity index (χ1) is 9.13. The van der Waals surface area contributed by atoms with Crippen LogP contribution in [0.4, 0.5) is 0 Å². The smallest absolute Gasteiger partial charge is 0.312 e. The van der Waals surface area contributed by atoms with E-state index in [4.69, 9.17) is 4.74 Å². The van der Waals surface area contributed by atoms with Gasteiger partial charge in [-0.05, 0) is 37.1 Å². The SMILES string of the molecule is Cc1ccc(COC(=O)Cc2ccc(C)cn2)nc1. The molecule has 0 radical (unpaired) electrons. The lowest BCUT2D eigenvalue weighted by Gasteiger charge is -2.04. The van der Waals surface area contributed by atoms with Crippen LogP contribution in [0.15, 0.2) is 36.7 Å². The molecule has 98 valence electrons. The maximum atomic E-state index is 11.6. The first-order valence-electron chi connectivity index (χ1n) is 6.12. The van der Waals surface area contributed by atoms with E-state index in [-0.39, 0.29) is 19.0 Å². The van der Waals surface area contributed by atoms with Crippen molar-refractivity contribution in [3.05, 3.63) is 59.2 Å². The van der Waals surface area contributed by atoms with Crippen molar-refractivity contribution >= 4 is 5.97 Å². The Labute approximate surface area is 112 Å². The lowest BCUT2D eigenvalue weighted by Crippen LogP contribution is -2.09. The average Bonchev–Trinajstić information content (AvgIpc) is 2.41. The zero-order valence-corrected chi connectivity index (χ0v) is 11.1. The molecule has 0 aromatic carbocycles. The summed E-state index contributed by atoms with van der Waals surface area (Å²) in [5, 5.41) is 0. The Morgan fingerprint density at radius 2 is 1.58 bits per heavy atom. The fourth-order valence-corrected chi connectivity index (χ4v) is 1.54. The molecular weight excluding hydrogens is 240 g/mol. The summed E-state index contributed by atoms with van der Waals surface area (Å²) in [7, 11) is 0. The van der Waals surface area contributed by atoms with E-state index in [1.807, 2.05) is 38.1 Å². The standard InChI is InChI=1S/C15H16N2O2/c1-11-3-5-13(16-8-11)7-15(18)19-10-14-6-4-12(2)9-17-14/h3-6,8-9H,7,10H2,1-2H3. The molecule has 0 unspecified atom stereocenters. The van der Waals surface area contributed by atoms with E-state index in [2.05, 4.69) is 9.97 Å². The van der Waals surface area contributed by atoms with Crippen molar-refractivity contribution < 1.29 is 9.53 Å². The highest BCUT2D eigenvalue weighted by Gasteiger charge is 2.06. The minimum absolute atomic E-state index is 0.187. The lowest BCUT2D eigenvalue weighted by molar-refractivity contribution is -0.144. The highest BCUT2D eigenvalue weighted by molar-refractivity contribution is 5.71. The third kappa shape index (κ3) is 4.17. The van der Waals surface area contributed by atoms with Crippen molar-refractivity contribution in [3.63, 3.8) is 0 Å². The average molecular weight is 256 g/mol. The second-order valence-electron chi connectivity index (χ2n) is 4.49. The van der Waals surface area contributed by atoms with E-state index < -0.39 is 0 Å². The molecular formula is C15H16N2O2. The number of hydrogen-bond acceptors (Lipinski definition) is 4. The maximum absolute atomic E-state index is 11.6. The molecule has 4 nitrogen and oxygen atoms in total. The van der Waals surface area contributed by atoms with Crippen molar-refractivity contribution in [2.75, 3.05) is 0 Å². The van der Waals surface area contributed by atoms with E-state index in [0.29, 0.717) is 5.69 Å². The van der Waals surface area contributed by atoms with Crippen molar-refractivity contribution in [2.45, 2.75) is 26.9 Å². The van der Waals surface area contributed by atoms with Gasteiger partial charge in [-0.15, -0.1) is 0 Å². The monoisotopic (exact) mass is 256 g/mol. The third-order valence-corrected chi connectivity index (χ3v) is 2.65. The zero-order chi connectivity index (χ0) is 13.7. The fourth-order valence-electron chi connectivity index (χ4n) is 1.54. The van der Waals surface area contributed by atoms with Crippen LogP contribution in [-0.4, -0.2) is 15.9 Å². The van der Waals surface area contributed by atoms with Gasteiger partial charge in [0.1, 0.15) is 6.61 Å². The van der Waals surface area contributed by atoms with Gasteiger partial charge in [-0.25, -0.2) is 0 Å². The van der Waals surface area contributed by atoms with Crippen molar-refractivity contribution in [2.24, 2.45) is 0 Å². The molecule has 2 heterocycles. The molecule has 2 aromatic heterocycles. The molecule has 19 heavy (non-hydrogen) atoms.